The Morgan fingerprint density at radius 3 is 2.29 bits per heavy atom. The fourth-order valence-electron chi connectivity index (χ4n) is 3.84. The number of benzene rings is 1. The number of sulfonamides is 1. The molecule has 2 aromatic heterocycles. The van der Waals surface area contributed by atoms with Crippen LogP contribution in [0.4, 0.5) is 24.9 Å². The number of primary sulfonamides is 1. The molecule has 0 aliphatic heterocycles. The predicted molar refractivity (Wildman–Crippen MR) is 121 cm³/mol. The maximum atomic E-state index is 13.7. The molecule has 180 valence electrons. The van der Waals surface area contributed by atoms with Gasteiger partial charge in [0.15, 0.2) is 5.82 Å². The van der Waals surface area contributed by atoms with Gasteiger partial charge in [0.2, 0.25) is 16.0 Å². The van der Waals surface area contributed by atoms with Crippen LogP contribution in [0, 0.1) is 0 Å². The molecule has 0 amide bonds. The second kappa shape index (κ2) is 7.77. The van der Waals surface area contributed by atoms with Crippen LogP contribution >= 0.6 is 0 Å². The zero-order valence-corrected chi connectivity index (χ0v) is 19.0. The molecule has 0 unspecified atom stereocenters. The van der Waals surface area contributed by atoms with Crippen molar-refractivity contribution >= 4 is 32.8 Å². The van der Waals surface area contributed by atoms with Crippen molar-refractivity contribution in [2.75, 3.05) is 10.6 Å². The highest BCUT2D eigenvalue weighted by molar-refractivity contribution is 7.89. The van der Waals surface area contributed by atoms with Crippen molar-refractivity contribution in [2.24, 2.45) is 5.14 Å². The summed E-state index contributed by atoms with van der Waals surface area (Å²) in [7, 11) is -3.82. The molecule has 2 saturated carbocycles. The van der Waals surface area contributed by atoms with Crippen LogP contribution < -0.4 is 15.8 Å². The molecule has 0 radical (unpaired) electrons. The first-order chi connectivity index (χ1) is 16.0. The van der Waals surface area contributed by atoms with Crippen molar-refractivity contribution in [3.05, 3.63) is 47.7 Å². The van der Waals surface area contributed by atoms with Gasteiger partial charge in [0.25, 0.3) is 0 Å². The van der Waals surface area contributed by atoms with E-state index in [0.29, 0.717) is 17.0 Å². The average Bonchev–Trinajstić information content (AvgIpc) is 3.67. The first-order valence-corrected chi connectivity index (χ1v) is 12.4. The molecule has 12 heteroatoms. The van der Waals surface area contributed by atoms with Crippen LogP contribution in [0.5, 0.6) is 0 Å². The molecule has 0 saturated heterocycles. The van der Waals surface area contributed by atoms with Gasteiger partial charge in [-0.25, -0.2) is 23.5 Å². The van der Waals surface area contributed by atoms with E-state index in [4.69, 9.17) is 5.14 Å². The summed E-state index contributed by atoms with van der Waals surface area (Å²) in [6.45, 7) is 1.80. The fraction of sp³-hybridized carbons (Fsp3) is 0.409. The Bertz CT molecular complexity index is 1350. The third-order valence-electron chi connectivity index (χ3n) is 6.26. The lowest BCUT2D eigenvalue weighted by molar-refractivity contribution is -0.151. The Morgan fingerprint density at radius 1 is 1.06 bits per heavy atom. The van der Waals surface area contributed by atoms with E-state index < -0.39 is 21.7 Å². The van der Waals surface area contributed by atoms with Gasteiger partial charge < -0.3 is 10.6 Å². The number of aromatic nitrogens is 3. The molecule has 1 atom stereocenters. The highest BCUT2D eigenvalue weighted by atomic mass is 32.2. The molecule has 3 aromatic rings. The molecular weight excluding hydrogens is 469 g/mol. The van der Waals surface area contributed by atoms with Crippen LogP contribution in [0.15, 0.2) is 41.3 Å². The van der Waals surface area contributed by atoms with E-state index >= 15 is 0 Å². The second-order valence-corrected chi connectivity index (χ2v) is 10.5. The van der Waals surface area contributed by atoms with E-state index in [9.17, 15) is 21.6 Å². The highest BCUT2D eigenvalue weighted by Crippen LogP contribution is 2.51. The number of fused-ring (bicyclic) bond motifs is 1. The van der Waals surface area contributed by atoms with Gasteiger partial charge >= 0.3 is 6.18 Å². The zero-order chi connectivity index (χ0) is 24.3. The summed E-state index contributed by atoms with van der Waals surface area (Å²) >= 11 is 0. The second-order valence-electron chi connectivity index (χ2n) is 8.96. The standard InChI is InChI=1S/C22H23F3N6O2S/c1-12(13-4-6-15(7-5-13)34(26,32)33)27-20-29-17-9-8-16(14-2-3-14)28-18(17)19(30-20)31-21(10-11-21)22(23,24)25/h4-9,12,14H,2-3,10-11H2,1H3,(H2,26,32,33)(H2,27,29,30,31)/t12-/m1/s1. The summed E-state index contributed by atoms with van der Waals surface area (Å²) in [6.07, 6.45) is -2.45. The first-order valence-electron chi connectivity index (χ1n) is 10.9. The first kappa shape index (κ1) is 22.8. The van der Waals surface area contributed by atoms with E-state index in [1.54, 1.807) is 25.1 Å². The molecule has 1 aromatic carbocycles. The Morgan fingerprint density at radius 2 is 1.74 bits per heavy atom. The van der Waals surface area contributed by atoms with Crippen LogP contribution in [0.2, 0.25) is 0 Å². The quantitative estimate of drug-likeness (QED) is 0.451. The summed E-state index contributed by atoms with van der Waals surface area (Å²) in [5.74, 6) is 0.506. The van der Waals surface area contributed by atoms with Crippen molar-refractivity contribution < 1.29 is 21.6 Å². The SMILES string of the molecule is C[C@@H](Nc1nc(NC2(C(F)(F)F)CC2)c2nc(C3CC3)ccc2n1)c1ccc(S(N)(=O)=O)cc1. The summed E-state index contributed by atoms with van der Waals surface area (Å²) < 4.78 is 63.9. The summed E-state index contributed by atoms with van der Waals surface area (Å²) in [6, 6.07) is 9.23. The number of rotatable bonds is 7. The molecule has 8 nitrogen and oxygen atoms in total. The number of nitrogens with zero attached hydrogens (tertiary/aromatic N) is 3. The number of hydrogen-bond acceptors (Lipinski definition) is 7. The molecular formula is C22H23F3N6O2S. The van der Waals surface area contributed by atoms with Gasteiger partial charge in [0, 0.05) is 11.6 Å². The Kier molecular flexibility index (Phi) is 5.21. The van der Waals surface area contributed by atoms with E-state index in [-0.39, 0.29) is 35.5 Å². The largest absolute Gasteiger partial charge is 0.411 e. The molecule has 5 rings (SSSR count). The highest BCUT2D eigenvalue weighted by Gasteiger charge is 2.64. The number of pyridine rings is 1. The summed E-state index contributed by atoms with van der Waals surface area (Å²) in [5, 5.41) is 10.8. The number of alkyl halides is 3. The molecule has 2 heterocycles. The minimum absolute atomic E-state index is 0.0173. The van der Waals surface area contributed by atoms with Crippen molar-refractivity contribution in [1.29, 1.82) is 0 Å². The van der Waals surface area contributed by atoms with E-state index in [0.717, 1.165) is 24.1 Å². The molecule has 2 fully saturated rings. The van der Waals surface area contributed by atoms with Gasteiger partial charge in [-0.05, 0) is 62.4 Å². The van der Waals surface area contributed by atoms with Gasteiger partial charge in [-0.2, -0.15) is 18.2 Å². The van der Waals surface area contributed by atoms with Crippen LogP contribution in [0.3, 0.4) is 0 Å². The molecule has 2 aliphatic rings. The third kappa shape index (κ3) is 4.39. The number of nitrogens with two attached hydrogens (primary N) is 1. The van der Waals surface area contributed by atoms with Crippen LogP contribution in [0.25, 0.3) is 11.0 Å². The van der Waals surface area contributed by atoms with Gasteiger partial charge in [0.05, 0.1) is 16.5 Å². The van der Waals surface area contributed by atoms with Crippen LogP contribution in [0.1, 0.15) is 55.8 Å². The number of hydrogen-bond donors (Lipinski definition) is 3. The summed E-state index contributed by atoms with van der Waals surface area (Å²) in [5.41, 5.74) is 0.300. The van der Waals surface area contributed by atoms with Gasteiger partial charge in [-0.1, -0.05) is 12.1 Å². The van der Waals surface area contributed by atoms with E-state index in [1.807, 2.05) is 6.07 Å². The number of anilines is 2. The normalized spacial score (nSPS) is 18.5. The lowest BCUT2D eigenvalue weighted by atomic mass is 10.1. The van der Waals surface area contributed by atoms with E-state index in [2.05, 4.69) is 25.6 Å². The molecule has 4 N–H and O–H groups in total. The van der Waals surface area contributed by atoms with Crippen molar-refractivity contribution in [2.45, 2.75) is 61.2 Å². The topological polar surface area (TPSA) is 123 Å². The smallest absolute Gasteiger partial charge is 0.354 e. The molecule has 0 spiro atoms. The lowest BCUT2D eigenvalue weighted by Crippen LogP contribution is -2.39. The fourth-order valence-corrected chi connectivity index (χ4v) is 4.36. The molecule has 2 aliphatic carbocycles. The maximum absolute atomic E-state index is 13.7. The van der Waals surface area contributed by atoms with Crippen LogP contribution in [-0.2, 0) is 10.0 Å². The van der Waals surface area contributed by atoms with Gasteiger partial charge in [0.1, 0.15) is 11.1 Å². The summed E-state index contributed by atoms with van der Waals surface area (Å²) in [4.78, 5) is 13.4. The van der Waals surface area contributed by atoms with Crippen LogP contribution in [-0.4, -0.2) is 35.1 Å². The Labute approximate surface area is 194 Å². The Balaban J connectivity index is 1.48. The van der Waals surface area contributed by atoms with Crippen molar-refractivity contribution in [1.82, 2.24) is 15.0 Å². The van der Waals surface area contributed by atoms with Crippen molar-refractivity contribution in [3.8, 4) is 0 Å². The molecule has 34 heavy (non-hydrogen) atoms. The molecule has 0 bridgehead atoms. The van der Waals surface area contributed by atoms with E-state index in [1.165, 1.54) is 12.1 Å². The monoisotopic (exact) mass is 492 g/mol. The predicted octanol–water partition coefficient (Wildman–Crippen LogP) is 4.23. The third-order valence-corrected chi connectivity index (χ3v) is 7.19. The van der Waals surface area contributed by atoms with Gasteiger partial charge in [-0.15, -0.1) is 0 Å². The van der Waals surface area contributed by atoms with Gasteiger partial charge in [-0.3, -0.25) is 0 Å². The Hall–Kier alpha value is -2.99. The minimum Gasteiger partial charge on any atom is -0.354 e. The number of halogens is 3. The number of nitrogens with one attached hydrogen (secondary N) is 2. The van der Waals surface area contributed by atoms with Crippen molar-refractivity contribution in [3.63, 3.8) is 0 Å². The average molecular weight is 493 g/mol. The minimum atomic E-state index is -4.41. The zero-order valence-electron chi connectivity index (χ0n) is 18.2. The maximum Gasteiger partial charge on any atom is 0.411 e. The lowest BCUT2D eigenvalue weighted by Gasteiger charge is -2.23.